The van der Waals surface area contributed by atoms with E-state index in [9.17, 15) is 8.42 Å². The number of aromatic nitrogens is 4. The smallest absolute Gasteiger partial charge is 0.200 e. The molecule has 0 saturated carbocycles. The van der Waals surface area contributed by atoms with Crippen molar-refractivity contribution < 1.29 is 17.9 Å². The van der Waals surface area contributed by atoms with Gasteiger partial charge in [0.2, 0.25) is 0 Å². The van der Waals surface area contributed by atoms with Crippen molar-refractivity contribution in [3.8, 4) is 23.0 Å². The van der Waals surface area contributed by atoms with Crippen LogP contribution in [0.2, 0.25) is 0 Å². The van der Waals surface area contributed by atoms with Crippen LogP contribution in [0.1, 0.15) is 45.5 Å². The highest BCUT2D eigenvalue weighted by molar-refractivity contribution is 7.91. The maximum Gasteiger partial charge on any atom is 0.200 e. The Bertz CT molecular complexity index is 1250. The second-order valence-electron chi connectivity index (χ2n) is 9.76. The molecule has 188 valence electrons. The van der Waals surface area contributed by atoms with Crippen molar-refractivity contribution in [2.75, 3.05) is 30.5 Å². The maximum atomic E-state index is 12.3. The third-order valence-corrected chi connectivity index (χ3v) is 7.45. The molecule has 0 aliphatic carbocycles. The molecule has 1 aliphatic heterocycles. The van der Waals surface area contributed by atoms with E-state index in [1.807, 2.05) is 36.4 Å². The minimum Gasteiger partial charge on any atom is -0.493 e. The zero-order valence-electron chi connectivity index (χ0n) is 20.7. The van der Waals surface area contributed by atoms with Gasteiger partial charge >= 0.3 is 0 Å². The van der Waals surface area contributed by atoms with Crippen LogP contribution in [0.3, 0.4) is 0 Å². The number of pyridine rings is 1. The first-order valence-electron chi connectivity index (χ1n) is 11.8. The van der Waals surface area contributed by atoms with Gasteiger partial charge in [-0.2, -0.15) is 0 Å². The number of sulfone groups is 1. The number of nitrogens with one attached hydrogen (secondary N) is 1. The van der Waals surface area contributed by atoms with E-state index in [4.69, 9.17) is 19.6 Å². The molecule has 3 aromatic rings. The van der Waals surface area contributed by atoms with E-state index in [-0.39, 0.29) is 23.1 Å². The van der Waals surface area contributed by atoms with E-state index in [1.54, 1.807) is 18.0 Å². The summed E-state index contributed by atoms with van der Waals surface area (Å²) in [4.78, 5) is 9.29. The van der Waals surface area contributed by atoms with E-state index in [0.717, 1.165) is 12.1 Å². The molecule has 0 radical (unpaired) electrons. The number of hydrogen-bond donors (Lipinski definition) is 1. The number of rotatable bonds is 8. The normalized spacial score (nSPS) is 17.7. The molecule has 9 nitrogen and oxygen atoms in total. The van der Waals surface area contributed by atoms with Gasteiger partial charge in [-0.15, -0.1) is 5.10 Å². The molecule has 1 unspecified atom stereocenters. The first-order valence-corrected chi connectivity index (χ1v) is 13.6. The van der Waals surface area contributed by atoms with Crippen LogP contribution in [-0.2, 0) is 16.3 Å². The van der Waals surface area contributed by atoms with Gasteiger partial charge in [-0.25, -0.2) is 18.1 Å². The van der Waals surface area contributed by atoms with Crippen molar-refractivity contribution in [2.24, 2.45) is 0 Å². The summed E-state index contributed by atoms with van der Waals surface area (Å²) < 4.78 is 37.7. The molecule has 35 heavy (non-hydrogen) atoms. The van der Waals surface area contributed by atoms with Crippen LogP contribution in [0.15, 0.2) is 42.6 Å². The molecular formula is C25H33N5O4S. The Morgan fingerprint density at radius 2 is 1.91 bits per heavy atom. The molecule has 1 fully saturated rings. The molecule has 10 heteroatoms. The minimum atomic E-state index is -3.11. The van der Waals surface area contributed by atoms with E-state index in [1.165, 1.54) is 0 Å². The Hall–Kier alpha value is -3.14. The van der Waals surface area contributed by atoms with Crippen LogP contribution in [0.5, 0.6) is 11.5 Å². The third-order valence-electron chi connectivity index (χ3n) is 5.65. The zero-order valence-corrected chi connectivity index (χ0v) is 21.5. The number of nitrogens with zero attached hydrogens (tertiary/aromatic N) is 4. The molecule has 1 saturated heterocycles. The van der Waals surface area contributed by atoms with Gasteiger partial charge in [0.05, 0.1) is 43.1 Å². The molecule has 1 aliphatic rings. The van der Waals surface area contributed by atoms with Crippen LogP contribution in [0.25, 0.3) is 11.5 Å². The summed E-state index contributed by atoms with van der Waals surface area (Å²) in [5.41, 5.74) is 1.46. The quantitative estimate of drug-likeness (QED) is 0.497. The summed E-state index contributed by atoms with van der Waals surface area (Å²) in [6.07, 6.45) is 3.58. The predicted molar refractivity (Wildman–Crippen MR) is 136 cm³/mol. The fraction of sp³-hybridized carbons (Fsp3) is 0.480. The second kappa shape index (κ2) is 10.2. The van der Waals surface area contributed by atoms with Crippen molar-refractivity contribution in [1.82, 2.24) is 19.7 Å². The van der Waals surface area contributed by atoms with Crippen molar-refractivity contribution in [3.05, 3.63) is 48.4 Å². The molecule has 2 aromatic heterocycles. The monoisotopic (exact) mass is 499 g/mol. The number of para-hydroxylation sites is 2. The average molecular weight is 500 g/mol. The lowest BCUT2D eigenvalue weighted by Crippen LogP contribution is -2.29. The third kappa shape index (κ3) is 6.50. The molecule has 0 spiro atoms. The summed E-state index contributed by atoms with van der Waals surface area (Å²) in [6.45, 7) is 6.60. The standard InChI is InChI=1S/C25H33N5O4S/c1-25(2,3)28-18-11-12-20(26-16-18)24-27-23(13-14-34-22-10-6-5-9-21(22)33-4)30(29-24)19-8-7-15-35(31,32)17-19/h5-6,9-12,16,19,28H,7-8,13-15,17H2,1-4H3. The zero-order chi connectivity index (χ0) is 25.1. The summed E-state index contributed by atoms with van der Waals surface area (Å²) in [6, 6.07) is 11.0. The Balaban J connectivity index is 1.58. The second-order valence-corrected chi connectivity index (χ2v) is 12.0. The topological polar surface area (TPSA) is 108 Å². The number of anilines is 1. The van der Waals surface area contributed by atoms with Crippen LogP contribution in [-0.4, -0.2) is 58.9 Å². The first kappa shape index (κ1) is 25.0. The highest BCUT2D eigenvalue weighted by Crippen LogP contribution is 2.28. The predicted octanol–water partition coefficient (Wildman–Crippen LogP) is 3.93. The molecule has 0 amide bonds. The Morgan fingerprint density at radius 3 is 2.57 bits per heavy atom. The number of ether oxygens (including phenoxy) is 2. The van der Waals surface area contributed by atoms with Gasteiger partial charge in [-0.05, 0) is 57.9 Å². The van der Waals surface area contributed by atoms with Gasteiger partial charge in [0, 0.05) is 12.0 Å². The molecule has 4 rings (SSSR count). The lowest BCUT2D eigenvalue weighted by Gasteiger charge is -2.23. The van der Waals surface area contributed by atoms with Crippen LogP contribution >= 0.6 is 0 Å². The summed E-state index contributed by atoms with van der Waals surface area (Å²) in [7, 11) is -1.51. The highest BCUT2D eigenvalue weighted by Gasteiger charge is 2.29. The van der Waals surface area contributed by atoms with E-state index < -0.39 is 9.84 Å². The number of methoxy groups -OCH3 is 1. The van der Waals surface area contributed by atoms with Crippen molar-refractivity contribution >= 4 is 15.5 Å². The largest absolute Gasteiger partial charge is 0.493 e. The fourth-order valence-corrected chi connectivity index (χ4v) is 5.81. The van der Waals surface area contributed by atoms with Gasteiger partial charge in [0.15, 0.2) is 27.2 Å². The summed E-state index contributed by atoms with van der Waals surface area (Å²) in [5, 5.41) is 8.10. The number of hydrogen-bond acceptors (Lipinski definition) is 8. The van der Waals surface area contributed by atoms with E-state index in [0.29, 0.717) is 48.3 Å². The van der Waals surface area contributed by atoms with Gasteiger partial charge in [0.25, 0.3) is 0 Å². The number of benzene rings is 1. The fourth-order valence-electron chi connectivity index (χ4n) is 4.14. The molecule has 1 atom stereocenters. The summed E-state index contributed by atoms with van der Waals surface area (Å²) in [5.74, 6) is 2.74. The maximum absolute atomic E-state index is 12.3. The first-order chi connectivity index (χ1) is 16.6. The van der Waals surface area contributed by atoms with E-state index >= 15 is 0 Å². The van der Waals surface area contributed by atoms with Gasteiger partial charge in [0.1, 0.15) is 11.5 Å². The van der Waals surface area contributed by atoms with Crippen LogP contribution in [0, 0.1) is 0 Å². The van der Waals surface area contributed by atoms with Gasteiger partial charge in [-0.1, -0.05) is 12.1 Å². The minimum absolute atomic E-state index is 0.0675. The summed E-state index contributed by atoms with van der Waals surface area (Å²) >= 11 is 0. The average Bonchev–Trinajstić information content (AvgIpc) is 3.22. The van der Waals surface area contributed by atoms with Crippen LogP contribution < -0.4 is 14.8 Å². The molecule has 0 bridgehead atoms. The van der Waals surface area contributed by atoms with Crippen molar-refractivity contribution in [2.45, 2.75) is 51.6 Å². The molecule has 1 aromatic carbocycles. The Morgan fingerprint density at radius 1 is 1.14 bits per heavy atom. The molecule has 1 N–H and O–H groups in total. The van der Waals surface area contributed by atoms with Crippen molar-refractivity contribution in [1.29, 1.82) is 0 Å². The SMILES string of the molecule is COc1ccccc1OCCc1nc(-c2ccc(NC(C)(C)C)cn2)nn1C1CCCS(=O)(=O)C1. The van der Waals surface area contributed by atoms with E-state index in [2.05, 4.69) is 31.1 Å². The highest BCUT2D eigenvalue weighted by atomic mass is 32.2. The molecule has 3 heterocycles. The Labute approximate surface area is 206 Å². The molecular weight excluding hydrogens is 466 g/mol. The van der Waals surface area contributed by atoms with Crippen molar-refractivity contribution in [3.63, 3.8) is 0 Å². The van der Waals surface area contributed by atoms with Gasteiger partial charge < -0.3 is 14.8 Å². The van der Waals surface area contributed by atoms with Gasteiger partial charge in [-0.3, -0.25) is 4.98 Å². The van der Waals surface area contributed by atoms with Crippen LogP contribution in [0.4, 0.5) is 5.69 Å². The lowest BCUT2D eigenvalue weighted by atomic mass is 10.1. The Kier molecular flexibility index (Phi) is 7.30. The lowest BCUT2D eigenvalue weighted by molar-refractivity contribution is 0.291.